The van der Waals surface area contributed by atoms with Crippen LogP contribution >= 0.6 is 31.9 Å². The fraction of sp³-hybridized carbons (Fsp3) is 0. The molecule has 116 valence electrons. The Morgan fingerprint density at radius 2 is 1.83 bits per heavy atom. The van der Waals surface area contributed by atoms with Crippen molar-refractivity contribution in [1.82, 2.24) is 0 Å². The minimum atomic E-state index is -0.617. The first-order valence-electron chi connectivity index (χ1n) is 6.31. The van der Waals surface area contributed by atoms with E-state index in [9.17, 15) is 20.3 Å². The van der Waals surface area contributed by atoms with Gasteiger partial charge in [-0.2, -0.15) is 5.26 Å². The highest BCUT2D eigenvalue weighted by atomic mass is 79.9. The summed E-state index contributed by atoms with van der Waals surface area (Å²) in [5, 5.41) is 30.9. The van der Waals surface area contributed by atoms with E-state index in [-0.39, 0.29) is 17.1 Å². The molecule has 2 aromatic rings. The quantitative estimate of drug-likeness (QED) is 0.381. The molecule has 0 aliphatic heterocycles. The predicted molar refractivity (Wildman–Crippen MR) is 93.8 cm³/mol. The third-order valence-corrected chi connectivity index (χ3v) is 3.91. The minimum Gasteiger partial charge on any atom is -0.508 e. The van der Waals surface area contributed by atoms with Crippen molar-refractivity contribution in [2.24, 2.45) is 0 Å². The average Bonchev–Trinajstić information content (AvgIpc) is 2.51. The number of hydrogen-bond donors (Lipinski definition) is 3. The van der Waals surface area contributed by atoms with Crippen molar-refractivity contribution >= 4 is 49.5 Å². The number of nitriles is 1. The first-order chi connectivity index (χ1) is 10.9. The van der Waals surface area contributed by atoms with Crippen LogP contribution in [0.3, 0.4) is 0 Å². The Labute approximate surface area is 149 Å². The Morgan fingerprint density at radius 1 is 1.17 bits per heavy atom. The fourth-order valence-corrected chi connectivity index (χ4v) is 3.00. The summed E-state index contributed by atoms with van der Waals surface area (Å²) in [5.74, 6) is -0.616. The maximum absolute atomic E-state index is 12.1. The van der Waals surface area contributed by atoms with Crippen LogP contribution in [0, 0.1) is 11.3 Å². The largest absolute Gasteiger partial charge is 0.508 e. The number of nitrogens with one attached hydrogen (secondary N) is 1. The van der Waals surface area contributed by atoms with Gasteiger partial charge in [-0.25, -0.2) is 0 Å². The van der Waals surface area contributed by atoms with Crippen LogP contribution in [-0.2, 0) is 4.79 Å². The first-order valence-corrected chi connectivity index (χ1v) is 7.89. The van der Waals surface area contributed by atoms with Gasteiger partial charge < -0.3 is 15.5 Å². The molecule has 3 N–H and O–H groups in total. The van der Waals surface area contributed by atoms with E-state index in [1.165, 1.54) is 30.3 Å². The van der Waals surface area contributed by atoms with Crippen molar-refractivity contribution in [2.45, 2.75) is 0 Å². The molecular weight excluding hydrogens is 428 g/mol. The number of carbonyl (C=O) groups is 1. The lowest BCUT2D eigenvalue weighted by molar-refractivity contribution is -0.112. The summed E-state index contributed by atoms with van der Waals surface area (Å²) in [4.78, 5) is 12.1. The van der Waals surface area contributed by atoms with Gasteiger partial charge in [0.25, 0.3) is 5.91 Å². The normalized spacial score (nSPS) is 10.9. The van der Waals surface area contributed by atoms with Crippen molar-refractivity contribution in [3.8, 4) is 17.6 Å². The molecule has 0 radical (unpaired) electrons. The molecule has 0 unspecified atom stereocenters. The third-order valence-electron chi connectivity index (χ3n) is 2.85. The molecule has 0 aliphatic carbocycles. The lowest BCUT2D eigenvalue weighted by atomic mass is 10.1. The van der Waals surface area contributed by atoms with E-state index in [1.54, 1.807) is 18.2 Å². The molecule has 2 aromatic carbocycles. The molecule has 0 spiro atoms. The fourth-order valence-electron chi connectivity index (χ4n) is 1.74. The van der Waals surface area contributed by atoms with E-state index in [4.69, 9.17) is 0 Å². The molecule has 2 rings (SSSR count). The lowest BCUT2D eigenvalue weighted by Gasteiger charge is -2.06. The second-order valence-electron chi connectivity index (χ2n) is 4.50. The Hall–Kier alpha value is -2.30. The number of anilines is 1. The number of phenolic OH excluding ortho intramolecular Hbond substituents is 2. The number of hydrogen-bond acceptors (Lipinski definition) is 4. The smallest absolute Gasteiger partial charge is 0.266 e. The van der Waals surface area contributed by atoms with Gasteiger partial charge in [0.1, 0.15) is 23.1 Å². The van der Waals surface area contributed by atoms with E-state index in [0.29, 0.717) is 20.2 Å². The van der Waals surface area contributed by atoms with Gasteiger partial charge in [-0.15, -0.1) is 0 Å². The molecule has 1 amide bonds. The van der Waals surface area contributed by atoms with E-state index < -0.39 is 5.91 Å². The van der Waals surface area contributed by atoms with Gasteiger partial charge in [0.05, 0.1) is 4.47 Å². The zero-order valence-corrected chi connectivity index (χ0v) is 14.7. The average molecular weight is 438 g/mol. The Balaban J connectivity index is 2.30. The van der Waals surface area contributed by atoms with Crippen molar-refractivity contribution in [3.05, 3.63) is 56.5 Å². The summed E-state index contributed by atoms with van der Waals surface area (Å²) in [6.07, 6.45) is 1.29. The highest BCUT2D eigenvalue weighted by Gasteiger charge is 2.12. The summed E-state index contributed by atoms with van der Waals surface area (Å²) >= 11 is 6.47. The Morgan fingerprint density at radius 3 is 2.43 bits per heavy atom. The van der Waals surface area contributed by atoms with E-state index in [0.717, 1.165) is 0 Å². The zero-order chi connectivity index (χ0) is 17.0. The standard InChI is InChI=1S/C16H10Br2N2O3/c17-11-6-9(15(22)14(18)7-11)5-10(8-19)16(23)20-12-1-3-13(21)4-2-12/h1-7,21-22H,(H,20,23). The number of nitrogens with zero attached hydrogens (tertiary/aromatic N) is 1. The molecule has 0 bridgehead atoms. The minimum absolute atomic E-state index is 0.0709. The zero-order valence-electron chi connectivity index (χ0n) is 11.5. The predicted octanol–water partition coefficient (Wildman–Crippen LogP) is 4.17. The van der Waals surface area contributed by atoms with Crippen LogP contribution in [0.1, 0.15) is 5.56 Å². The molecule has 0 saturated carbocycles. The lowest BCUT2D eigenvalue weighted by Crippen LogP contribution is -2.13. The maximum atomic E-state index is 12.1. The van der Waals surface area contributed by atoms with Gasteiger partial charge in [0.15, 0.2) is 0 Å². The highest BCUT2D eigenvalue weighted by molar-refractivity contribution is 9.11. The monoisotopic (exact) mass is 436 g/mol. The second-order valence-corrected chi connectivity index (χ2v) is 6.27. The number of phenols is 2. The molecule has 23 heavy (non-hydrogen) atoms. The number of amides is 1. The highest BCUT2D eigenvalue weighted by Crippen LogP contribution is 2.33. The van der Waals surface area contributed by atoms with Crippen molar-refractivity contribution in [3.63, 3.8) is 0 Å². The van der Waals surface area contributed by atoms with E-state index >= 15 is 0 Å². The third kappa shape index (κ3) is 4.34. The summed E-state index contributed by atoms with van der Waals surface area (Å²) in [6, 6.07) is 10.9. The van der Waals surface area contributed by atoms with Gasteiger partial charge in [-0.3, -0.25) is 4.79 Å². The van der Waals surface area contributed by atoms with Crippen LogP contribution in [0.5, 0.6) is 11.5 Å². The summed E-state index contributed by atoms with van der Waals surface area (Å²) < 4.78 is 1.12. The Kier molecular flexibility index (Phi) is 5.42. The SMILES string of the molecule is N#CC(=Cc1cc(Br)cc(Br)c1O)C(=O)Nc1ccc(O)cc1. The Bertz CT molecular complexity index is 824. The van der Waals surface area contributed by atoms with Crippen LogP contribution in [0.4, 0.5) is 5.69 Å². The number of benzene rings is 2. The van der Waals surface area contributed by atoms with Crippen LogP contribution in [0.2, 0.25) is 0 Å². The number of carbonyl (C=O) groups excluding carboxylic acids is 1. The van der Waals surface area contributed by atoms with Gasteiger partial charge in [-0.05, 0) is 58.4 Å². The van der Waals surface area contributed by atoms with Crippen LogP contribution < -0.4 is 5.32 Å². The molecule has 0 heterocycles. The number of rotatable bonds is 3. The van der Waals surface area contributed by atoms with Crippen molar-refractivity contribution in [1.29, 1.82) is 5.26 Å². The van der Waals surface area contributed by atoms with E-state index in [2.05, 4.69) is 37.2 Å². The second kappa shape index (κ2) is 7.31. The molecule has 5 nitrogen and oxygen atoms in total. The van der Waals surface area contributed by atoms with Crippen molar-refractivity contribution < 1.29 is 15.0 Å². The van der Waals surface area contributed by atoms with Crippen LogP contribution in [0.15, 0.2) is 50.9 Å². The van der Waals surface area contributed by atoms with Gasteiger partial charge >= 0.3 is 0 Å². The molecule has 0 aliphatic rings. The van der Waals surface area contributed by atoms with Crippen LogP contribution in [0.25, 0.3) is 6.08 Å². The molecule has 0 atom stereocenters. The number of halogens is 2. The molecule has 0 saturated heterocycles. The van der Waals surface area contributed by atoms with Crippen LogP contribution in [-0.4, -0.2) is 16.1 Å². The molecular formula is C16H10Br2N2O3. The summed E-state index contributed by atoms with van der Waals surface area (Å²) in [7, 11) is 0. The first kappa shape index (κ1) is 17.1. The van der Waals surface area contributed by atoms with E-state index in [1.807, 2.05) is 0 Å². The van der Waals surface area contributed by atoms with Gasteiger partial charge in [-0.1, -0.05) is 15.9 Å². The molecule has 0 aromatic heterocycles. The molecule has 0 fully saturated rings. The van der Waals surface area contributed by atoms with Crippen molar-refractivity contribution in [2.75, 3.05) is 5.32 Å². The molecule has 7 heteroatoms. The summed E-state index contributed by atoms with van der Waals surface area (Å²) in [5.41, 5.74) is 0.593. The maximum Gasteiger partial charge on any atom is 0.266 e. The number of aromatic hydroxyl groups is 2. The topological polar surface area (TPSA) is 93.3 Å². The van der Waals surface area contributed by atoms with Gasteiger partial charge in [0.2, 0.25) is 0 Å². The summed E-state index contributed by atoms with van der Waals surface area (Å²) in [6.45, 7) is 0. The van der Waals surface area contributed by atoms with Gasteiger partial charge in [0, 0.05) is 15.7 Å².